The summed E-state index contributed by atoms with van der Waals surface area (Å²) in [5, 5.41) is 28.1. The van der Waals surface area contributed by atoms with E-state index in [9.17, 15) is 29.1 Å². The second-order valence-electron chi connectivity index (χ2n) is 9.67. The van der Waals surface area contributed by atoms with Gasteiger partial charge in [-0.3, -0.25) is 9.36 Å². The first kappa shape index (κ1) is 28.7. The SMILES string of the molecule is COc1ccc(F)cc1[C@H](Cn1c(=O)n(C(C)(C)C(=O)O)c(=O)c2c(C)c(-n3nccn3)sc21)OC[C@@H](C)C#N. The van der Waals surface area contributed by atoms with Crippen LogP contribution in [0.15, 0.2) is 40.2 Å². The van der Waals surface area contributed by atoms with Crippen molar-refractivity contribution in [1.29, 1.82) is 5.26 Å². The number of aliphatic carboxylic acids is 1. The van der Waals surface area contributed by atoms with Gasteiger partial charge in [-0.25, -0.2) is 18.5 Å². The van der Waals surface area contributed by atoms with Gasteiger partial charge in [-0.15, -0.1) is 4.80 Å². The van der Waals surface area contributed by atoms with E-state index in [1.165, 1.54) is 60.9 Å². The summed E-state index contributed by atoms with van der Waals surface area (Å²) in [5.74, 6) is -2.21. The molecule has 0 aliphatic heterocycles. The maximum atomic E-state index is 14.4. The molecular weight excluding hydrogens is 543 g/mol. The standard InChI is InChI=1S/C26H27FN6O6S/c1-14(11-28)13-39-19(17-10-16(27)6-7-18(17)38-5)12-31-23-20(15(2)22(40-23)33-29-8-9-30-33)21(34)32(25(31)37)26(3,4)24(35)36/h6-10,14,19H,12-13H2,1-5H3,(H,35,36)/t14-,19-/m0/s1. The number of carboxylic acids is 1. The van der Waals surface area contributed by atoms with Gasteiger partial charge in [0.25, 0.3) is 5.56 Å². The van der Waals surface area contributed by atoms with Crippen molar-refractivity contribution in [1.82, 2.24) is 24.1 Å². The fourth-order valence-corrected chi connectivity index (χ4v) is 5.48. The lowest BCUT2D eigenvalue weighted by Crippen LogP contribution is -2.52. The van der Waals surface area contributed by atoms with Crippen LogP contribution in [0.3, 0.4) is 0 Å². The number of carbonyl (C=O) groups is 1. The molecule has 1 N–H and O–H groups in total. The van der Waals surface area contributed by atoms with Crippen LogP contribution in [0.5, 0.6) is 5.75 Å². The van der Waals surface area contributed by atoms with Gasteiger partial charge in [0.05, 0.1) is 50.0 Å². The number of halogens is 1. The van der Waals surface area contributed by atoms with Crippen LogP contribution < -0.4 is 16.0 Å². The van der Waals surface area contributed by atoms with Gasteiger partial charge in [0.2, 0.25) is 0 Å². The first-order chi connectivity index (χ1) is 18.9. The maximum Gasteiger partial charge on any atom is 0.333 e. The highest BCUT2D eigenvalue weighted by molar-refractivity contribution is 7.21. The van der Waals surface area contributed by atoms with Gasteiger partial charge < -0.3 is 14.6 Å². The van der Waals surface area contributed by atoms with Crippen molar-refractivity contribution in [2.24, 2.45) is 5.92 Å². The largest absolute Gasteiger partial charge is 0.496 e. The molecular formula is C26H27FN6O6S. The summed E-state index contributed by atoms with van der Waals surface area (Å²) in [6, 6.07) is 5.90. The van der Waals surface area contributed by atoms with Crippen molar-refractivity contribution in [2.45, 2.75) is 45.9 Å². The molecule has 4 aromatic rings. The lowest BCUT2D eigenvalue weighted by Gasteiger charge is -2.26. The highest BCUT2D eigenvalue weighted by atomic mass is 32.1. The van der Waals surface area contributed by atoms with Crippen molar-refractivity contribution in [3.63, 3.8) is 0 Å². The van der Waals surface area contributed by atoms with Crippen LogP contribution in [0.1, 0.15) is 38.0 Å². The Morgan fingerprint density at radius 2 is 1.95 bits per heavy atom. The number of carboxylic acid groups (broad SMARTS) is 1. The Balaban J connectivity index is 2.04. The van der Waals surface area contributed by atoms with Gasteiger partial charge in [0.1, 0.15) is 33.0 Å². The molecule has 0 aliphatic rings. The van der Waals surface area contributed by atoms with E-state index in [1.54, 1.807) is 13.8 Å². The summed E-state index contributed by atoms with van der Waals surface area (Å²) in [6.07, 6.45) is 1.90. The van der Waals surface area contributed by atoms with Crippen LogP contribution in [0.25, 0.3) is 15.2 Å². The zero-order valence-corrected chi connectivity index (χ0v) is 23.2. The van der Waals surface area contributed by atoms with E-state index in [2.05, 4.69) is 16.3 Å². The number of rotatable bonds is 10. The predicted octanol–water partition coefficient (Wildman–Crippen LogP) is 3.00. The zero-order valence-electron chi connectivity index (χ0n) is 22.4. The Morgan fingerprint density at radius 3 is 2.55 bits per heavy atom. The molecule has 12 nitrogen and oxygen atoms in total. The number of nitrogens with zero attached hydrogens (tertiary/aromatic N) is 6. The minimum atomic E-state index is -1.91. The summed E-state index contributed by atoms with van der Waals surface area (Å²) < 4.78 is 27.8. The van der Waals surface area contributed by atoms with Crippen molar-refractivity contribution in [3.8, 4) is 16.8 Å². The first-order valence-corrected chi connectivity index (χ1v) is 13.0. The number of ether oxygens (including phenoxy) is 2. The molecule has 4 rings (SSSR count). The molecule has 0 unspecified atom stereocenters. The van der Waals surface area contributed by atoms with Crippen LogP contribution in [0.2, 0.25) is 0 Å². The molecule has 0 amide bonds. The molecule has 0 saturated carbocycles. The number of hydrogen-bond donors (Lipinski definition) is 1. The Labute approximate surface area is 231 Å². The molecule has 40 heavy (non-hydrogen) atoms. The minimum absolute atomic E-state index is 0.0507. The van der Waals surface area contributed by atoms with E-state index in [0.29, 0.717) is 15.1 Å². The van der Waals surface area contributed by atoms with E-state index in [1.807, 2.05) is 0 Å². The molecule has 0 radical (unpaired) electrons. The van der Waals surface area contributed by atoms with Crippen LogP contribution in [-0.2, 0) is 21.6 Å². The number of fused-ring (bicyclic) bond motifs is 1. The number of aryl methyl sites for hydroxylation is 1. The maximum absolute atomic E-state index is 14.4. The minimum Gasteiger partial charge on any atom is -0.496 e. The third kappa shape index (κ3) is 5.01. The molecule has 0 fully saturated rings. The van der Waals surface area contributed by atoms with Crippen LogP contribution in [0, 0.1) is 30.0 Å². The molecule has 0 bridgehead atoms. The Morgan fingerprint density at radius 1 is 1.27 bits per heavy atom. The number of benzene rings is 1. The molecule has 0 saturated heterocycles. The average molecular weight is 571 g/mol. The van der Waals surface area contributed by atoms with E-state index >= 15 is 0 Å². The van der Waals surface area contributed by atoms with Crippen molar-refractivity contribution < 1.29 is 23.8 Å². The number of methoxy groups -OCH3 is 1. The predicted molar refractivity (Wildman–Crippen MR) is 143 cm³/mol. The summed E-state index contributed by atoms with van der Waals surface area (Å²) in [4.78, 5) is 41.4. The normalized spacial score (nSPS) is 13.2. The van der Waals surface area contributed by atoms with Gasteiger partial charge in [0, 0.05) is 11.1 Å². The van der Waals surface area contributed by atoms with Crippen LogP contribution in [-0.4, -0.2) is 48.9 Å². The fourth-order valence-electron chi connectivity index (χ4n) is 4.26. The first-order valence-electron chi connectivity index (χ1n) is 12.2. The number of thiophene rings is 1. The van der Waals surface area contributed by atoms with Crippen LogP contribution >= 0.6 is 11.3 Å². The van der Waals surface area contributed by atoms with Gasteiger partial charge in [0.15, 0.2) is 0 Å². The van der Waals surface area contributed by atoms with Crippen molar-refractivity contribution in [3.05, 3.63) is 68.4 Å². The summed E-state index contributed by atoms with van der Waals surface area (Å²) >= 11 is 1.07. The van der Waals surface area contributed by atoms with E-state index < -0.39 is 40.6 Å². The molecule has 14 heteroatoms. The fraction of sp³-hybridized carbons (Fsp3) is 0.385. The summed E-state index contributed by atoms with van der Waals surface area (Å²) in [6.45, 7) is 5.50. The molecule has 2 atom stereocenters. The van der Waals surface area contributed by atoms with E-state index in [-0.39, 0.29) is 34.7 Å². The van der Waals surface area contributed by atoms with Gasteiger partial charge in [-0.1, -0.05) is 11.3 Å². The van der Waals surface area contributed by atoms with Gasteiger partial charge in [-0.05, 0) is 45.9 Å². The molecule has 0 spiro atoms. The molecule has 3 heterocycles. The average Bonchev–Trinajstić information content (AvgIpc) is 3.56. The molecule has 1 aromatic carbocycles. The quantitative estimate of drug-likeness (QED) is 0.303. The molecule has 210 valence electrons. The smallest absolute Gasteiger partial charge is 0.333 e. The van der Waals surface area contributed by atoms with Crippen molar-refractivity contribution in [2.75, 3.05) is 13.7 Å². The highest BCUT2D eigenvalue weighted by Gasteiger charge is 2.36. The second kappa shape index (κ2) is 11.0. The van der Waals surface area contributed by atoms with Gasteiger partial charge in [-0.2, -0.15) is 15.5 Å². The van der Waals surface area contributed by atoms with Crippen molar-refractivity contribution >= 4 is 27.5 Å². The second-order valence-corrected chi connectivity index (χ2v) is 10.6. The lowest BCUT2D eigenvalue weighted by atomic mass is 10.1. The topological polar surface area (TPSA) is 154 Å². The molecule has 0 aliphatic carbocycles. The Kier molecular flexibility index (Phi) is 7.90. The van der Waals surface area contributed by atoms with Gasteiger partial charge >= 0.3 is 11.7 Å². The third-order valence-electron chi connectivity index (χ3n) is 6.52. The summed E-state index contributed by atoms with van der Waals surface area (Å²) in [5.41, 5.74) is -2.88. The van der Waals surface area contributed by atoms with E-state index in [4.69, 9.17) is 9.47 Å². The van der Waals surface area contributed by atoms with E-state index in [0.717, 1.165) is 11.3 Å². The Bertz CT molecular complexity index is 1730. The number of hydrogen-bond acceptors (Lipinski definition) is 9. The number of aromatic nitrogens is 5. The Hall–Kier alpha value is -4.35. The molecule has 3 aromatic heterocycles. The zero-order chi connectivity index (χ0) is 29.4. The lowest BCUT2D eigenvalue weighted by molar-refractivity contribution is -0.146. The number of nitriles is 1. The van der Waals surface area contributed by atoms with Crippen LogP contribution in [0.4, 0.5) is 4.39 Å². The highest BCUT2D eigenvalue weighted by Crippen LogP contribution is 2.34. The third-order valence-corrected chi connectivity index (χ3v) is 7.81. The monoisotopic (exact) mass is 570 g/mol. The summed E-state index contributed by atoms with van der Waals surface area (Å²) in [7, 11) is 1.40.